The Hall–Kier alpha value is -0.800. The number of fused-ring (bicyclic) bond motifs is 2. The van der Waals surface area contributed by atoms with Gasteiger partial charge in [-0.25, -0.2) is 4.98 Å². The first-order chi connectivity index (χ1) is 7.22. The molecule has 76 valence electrons. The largest absolute Gasteiger partial charge is 0.241 e. The van der Waals surface area contributed by atoms with Crippen LogP contribution in [0, 0.1) is 6.92 Å². The second-order valence-electron chi connectivity index (χ2n) is 3.78. The molecule has 0 atom stereocenters. The van der Waals surface area contributed by atoms with Crippen LogP contribution < -0.4 is 0 Å². The molecule has 0 saturated carbocycles. The standard InChI is InChI=1S/C12H11NS2/c1-7-3-4-9-5-12-10(6-11(9)14-7)13-8(2)15-12/h3,5-6H,4H2,1-2H3. The van der Waals surface area contributed by atoms with Gasteiger partial charge in [-0.15, -0.1) is 11.3 Å². The van der Waals surface area contributed by atoms with E-state index in [4.69, 9.17) is 0 Å². The van der Waals surface area contributed by atoms with Crippen LogP contribution in [0.1, 0.15) is 17.5 Å². The van der Waals surface area contributed by atoms with Crippen LogP contribution in [-0.2, 0) is 6.42 Å². The Balaban J connectivity index is 2.22. The molecule has 1 aromatic carbocycles. The van der Waals surface area contributed by atoms with Gasteiger partial charge in [0.2, 0.25) is 0 Å². The molecular weight excluding hydrogens is 222 g/mol. The van der Waals surface area contributed by atoms with E-state index in [1.54, 1.807) is 11.3 Å². The number of aromatic nitrogens is 1. The molecule has 0 radical (unpaired) electrons. The predicted octanol–water partition coefficient (Wildman–Crippen LogP) is 4.16. The molecule has 0 bridgehead atoms. The molecule has 1 nitrogen and oxygen atoms in total. The first-order valence-electron chi connectivity index (χ1n) is 4.97. The molecule has 3 rings (SSSR count). The fourth-order valence-electron chi connectivity index (χ4n) is 1.84. The van der Waals surface area contributed by atoms with Crippen molar-refractivity contribution in [3.63, 3.8) is 0 Å². The summed E-state index contributed by atoms with van der Waals surface area (Å²) in [5.74, 6) is 0. The van der Waals surface area contributed by atoms with Crippen LogP contribution in [0.25, 0.3) is 10.2 Å². The van der Waals surface area contributed by atoms with Crippen molar-refractivity contribution >= 4 is 33.3 Å². The Morgan fingerprint density at radius 2 is 2.13 bits per heavy atom. The predicted molar refractivity (Wildman–Crippen MR) is 67.7 cm³/mol. The third kappa shape index (κ3) is 1.60. The van der Waals surface area contributed by atoms with Crippen molar-refractivity contribution in [1.29, 1.82) is 0 Å². The zero-order chi connectivity index (χ0) is 10.4. The lowest BCUT2D eigenvalue weighted by molar-refractivity contribution is 1.16. The van der Waals surface area contributed by atoms with E-state index in [1.807, 2.05) is 11.8 Å². The third-order valence-corrected chi connectivity index (χ3v) is 4.58. The summed E-state index contributed by atoms with van der Waals surface area (Å²) >= 11 is 3.65. The number of hydrogen-bond acceptors (Lipinski definition) is 3. The van der Waals surface area contributed by atoms with Gasteiger partial charge in [-0.3, -0.25) is 0 Å². The second kappa shape index (κ2) is 3.35. The van der Waals surface area contributed by atoms with Gasteiger partial charge in [-0.1, -0.05) is 17.8 Å². The average molecular weight is 233 g/mol. The molecular formula is C12H11NS2. The van der Waals surface area contributed by atoms with E-state index in [1.165, 1.54) is 20.1 Å². The van der Waals surface area contributed by atoms with E-state index in [0.29, 0.717) is 0 Å². The zero-order valence-corrected chi connectivity index (χ0v) is 10.3. The van der Waals surface area contributed by atoms with Crippen LogP contribution >= 0.6 is 23.1 Å². The van der Waals surface area contributed by atoms with Gasteiger partial charge in [0.1, 0.15) is 0 Å². The Morgan fingerprint density at radius 3 is 3.00 bits per heavy atom. The molecule has 15 heavy (non-hydrogen) atoms. The summed E-state index contributed by atoms with van der Waals surface area (Å²) in [4.78, 5) is 7.31. The van der Waals surface area contributed by atoms with Gasteiger partial charge < -0.3 is 0 Å². The van der Waals surface area contributed by atoms with Crippen molar-refractivity contribution < 1.29 is 0 Å². The van der Waals surface area contributed by atoms with E-state index in [2.05, 4.69) is 37.0 Å². The molecule has 3 heteroatoms. The van der Waals surface area contributed by atoms with Crippen LogP contribution in [0.5, 0.6) is 0 Å². The second-order valence-corrected chi connectivity index (χ2v) is 6.30. The molecule has 0 spiro atoms. The average Bonchev–Trinajstić information content (AvgIpc) is 2.53. The van der Waals surface area contributed by atoms with Crippen LogP contribution in [-0.4, -0.2) is 4.98 Å². The third-order valence-electron chi connectivity index (χ3n) is 2.56. The van der Waals surface area contributed by atoms with Crippen LogP contribution in [0.3, 0.4) is 0 Å². The van der Waals surface area contributed by atoms with Crippen molar-refractivity contribution in [3.8, 4) is 0 Å². The SMILES string of the molecule is CC1=CCc2cc3sc(C)nc3cc2S1. The summed E-state index contributed by atoms with van der Waals surface area (Å²) < 4.78 is 1.32. The molecule has 0 aliphatic carbocycles. The van der Waals surface area contributed by atoms with E-state index in [0.717, 1.165) is 16.9 Å². The number of nitrogens with zero attached hydrogens (tertiary/aromatic N) is 1. The maximum absolute atomic E-state index is 4.53. The quantitative estimate of drug-likeness (QED) is 0.677. The number of thioether (sulfide) groups is 1. The lowest BCUT2D eigenvalue weighted by Gasteiger charge is -2.13. The fourth-order valence-corrected chi connectivity index (χ4v) is 3.67. The first kappa shape index (κ1) is 9.43. The summed E-state index contributed by atoms with van der Waals surface area (Å²) in [6.45, 7) is 4.24. The molecule has 0 saturated heterocycles. The highest BCUT2D eigenvalue weighted by atomic mass is 32.2. The van der Waals surface area contributed by atoms with E-state index in [-0.39, 0.29) is 0 Å². The summed E-state index contributed by atoms with van der Waals surface area (Å²) in [6.07, 6.45) is 3.37. The topological polar surface area (TPSA) is 12.9 Å². The molecule has 1 aliphatic heterocycles. The monoisotopic (exact) mass is 233 g/mol. The number of thiazole rings is 1. The fraction of sp³-hybridized carbons (Fsp3) is 0.250. The Labute approximate surface area is 97.2 Å². The van der Waals surface area contributed by atoms with Gasteiger partial charge in [-0.2, -0.15) is 0 Å². The minimum absolute atomic E-state index is 1.07. The van der Waals surface area contributed by atoms with Gasteiger partial charge in [0, 0.05) is 4.90 Å². The molecule has 1 aromatic heterocycles. The molecule has 0 N–H and O–H groups in total. The molecule has 0 unspecified atom stereocenters. The minimum Gasteiger partial charge on any atom is -0.241 e. The van der Waals surface area contributed by atoms with Crippen molar-refractivity contribution in [2.24, 2.45) is 0 Å². The van der Waals surface area contributed by atoms with Gasteiger partial charge >= 0.3 is 0 Å². The number of benzene rings is 1. The van der Waals surface area contributed by atoms with Crippen LogP contribution in [0.4, 0.5) is 0 Å². The summed E-state index contributed by atoms with van der Waals surface area (Å²) in [7, 11) is 0. The summed E-state index contributed by atoms with van der Waals surface area (Å²) in [5, 5.41) is 1.15. The van der Waals surface area contributed by atoms with Gasteiger partial charge in [0.25, 0.3) is 0 Å². The summed E-state index contributed by atoms with van der Waals surface area (Å²) in [6, 6.07) is 4.53. The molecule has 0 amide bonds. The van der Waals surface area contributed by atoms with Crippen molar-refractivity contribution in [1.82, 2.24) is 4.98 Å². The smallest absolute Gasteiger partial charge is 0.0907 e. The number of hydrogen-bond donors (Lipinski definition) is 0. The van der Waals surface area contributed by atoms with Crippen molar-refractivity contribution in [2.75, 3.05) is 0 Å². The maximum Gasteiger partial charge on any atom is 0.0907 e. The highest BCUT2D eigenvalue weighted by Crippen LogP contribution is 2.37. The normalized spacial score (nSPS) is 15.2. The number of aryl methyl sites for hydroxylation is 1. The van der Waals surface area contributed by atoms with Crippen molar-refractivity contribution in [3.05, 3.63) is 33.7 Å². The highest BCUT2D eigenvalue weighted by Gasteiger charge is 2.12. The van der Waals surface area contributed by atoms with E-state index in [9.17, 15) is 0 Å². The van der Waals surface area contributed by atoms with Gasteiger partial charge in [-0.05, 0) is 42.9 Å². The zero-order valence-electron chi connectivity index (χ0n) is 8.70. The number of rotatable bonds is 0. The Morgan fingerprint density at radius 1 is 1.27 bits per heavy atom. The van der Waals surface area contributed by atoms with Gasteiger partial charge in [0.05, 0.1) is 15.2 Å². The highest BCUT2D eigenvalue weighted by molar-refractivity contribution is 8.03. The van der Waals surface area contributed by atoms with E-state index >= 15 is 0 Å². The maximum atomic E-state index is 4.53. The van der Waals surface area contributed by atoms with E-state index < -0.39 is 0 Å². The summed E-state index contributed by atoms with van der Waals surface area (Å²) in [5.41, 5.74) is 2.60. The lowest BCUT2D eigenvalue weighted by atomic mass is 10.1. The Kier molecular flexibility index (Phi) is 2.11. The Bertz CT molecular complexity index is 566. The minimum atomic E-state index is 1.07. The molecule has 0 fully saturated rings. The molecule has 2 aromatic rings. The molecule has 2 heterocycles. The number of allylic oxidation sites excluding steroid dienone is 2. The molecule has 1 aliphatic rings. The first-order valence-corrected chi connectivity index (χ1v) is 6.60. The van der Waals surface area contributed by atoms with Crippen LogP contribution in [0.15, 0.2) is 28.0 Å². The van der Waals surface area contributed by atoms with Crippen molar-refractivity contribution in [2.45, 2.75) is 25.2 Å². The van der Waals surface area contributed by atoms with Gasteiger partial charge in [0.15, 0.2) is 0 Å². The lowest BCUT2D eigenvalue weighted by Crippen LogP contribution is -1.92. The van der Waals surface area contributed by atoms with Crippen LogP contribution in [0.2, 0.25) is 0 Å².